The van der Waals surface area contributed by atoms with Gasteiger partial charge < -0.3 is 5.32 Å². The molecule has 4 rings (SSSR count). The van der Waals surface area contributed by atoms with Gasteiger partial charge in [0.2, 0.25) is 0 Å². The minimum atomic E-state index is -3.71. The molecule has 3 heterocycles. The average molecular weight is 382 g/mol. The molecule has 0 saturated heterocycles. The third-order valence-electron chi connectivity index (χ3n) is 4.22. The van der Waals surface area contributed by atoms with Crippen LogP contribution in [0.25, 0.3) is 0 Å². The van der Waals surface area contributed by atoms with Crippen LogP contribution in [0.2, 0.25) is 0 Å². The van der Waals surface area contributed by atoms with Crippen molar-refractivity contribution in [1.82, 2.24) is 20.1 Å². The summed E-state index contributed by atoms with van der Waals surface area (Å²) < 4.78 is 30.4. The van der Waals surface area contributed by atoms with E-state index < -0.39 is 10.0 Å². The van der Waals surface area contributed by atoms with Crippen molar-refractivity contribution in [2.75, 3.05) is 11.9 Å². The Morgan fingerprint density at radius 3 is 2.74 bits per heavy atom. The number of nitrogens with one attached hydrogen (secondary N) is 2. The van der Waals surface area contributed by atoms with Gasteiger partial charge in [-0.05, 0) is 23.8 Å². The van der Waals surface area contributed by atoms with E-state index in [0.29, 0.717) is 11.5 Å². The van der Waals surface area contributed by atoms with E-state index in [4.69, 9.17) is 0 Å². The highest BCUT2D eigenvalue weighted by atomic mass is 32.2. The number of hydrogen-bond donors (Lipinski definition) is 2. The van der Waals surface area contributed by atoms with E-state index in [1.165, 1.54) is 0 Å². The Hall–Kier alpha value is -3.04. The molecule has 1 aliphatic rings. The van der Waals surface area contributed by atoms with Gasteiger partial charge in [-0.15, -0.1) is 4.40 Å². The normalized spacial score (nSPS) is 16.1. The van der Waals surface area contributed by atoms with E-state index in [-0.39, 0.29) is 17.5 Å². The molecule has 3 aromatic rings. The molecule has 1 aromatic carbocycles. The molecule has 0 bridgehead atoms. The Balaban J connectivity index is 1.60. The van der Waals surface area contributed by atoms with Crippen molar-refractivity contribution >= 4 is 21.5 Å². The number of pyridine rings is 1. The number of rotatable bonds is 5. The molecule has 138 valence electrons. The lowest BCUT2D eigenvalue weighted by Gasteiger charge is -2.21. The van der Waals surface area contributed by atoms with Crippen LogP contribution >= 0.6 is 0 Å². The first-order chi connectivity index (χ1) is 13.0. The second-order valence-corrected chi connectivity index (χ2v) is 7.75. The van der Waals surface area contributed by atoms with Crippen molar-refractivity contribution in [3.05, 3.63) is 72.3 Å². The van der Waals surface area contributed by atoms with E-state index in [0.717, 1.165) is 11.1 Å². The fourth-order valence-electron chi connectivity index (χ4n) is 3.01. The Labute approximate surface area is 157 Å². The highest BCUT2D eigenvalue weighted by Crippen LogP contribution is 2.27. The second kappa shape index (κ2) is 6.93. The van der Waals surface area contributed by atoms with Crippen molar-refractivity contribution in [3.63, 3.8) is 0 Å². The third-order valence-corrected chi connectivity index (χ3v) is 5.60. The number of nitrogens with zero attached hydrogens (tertiary/aromatic N) is 4. The fourth-order valence-corrected chi connectivity index (χ4v) is 4.15. The van der Waals surface area contributed by atoms with Crippen LogP contribution in [-0.2, 0) is 17.1 Å². The lowest BCUT2D eigenvalue weighted by atomic mass is 10.0. The molecule has 9 heteroatoms. The van der Waals surface area contributed by atoms with Gasteiger partial charge >= 0.3 is 0 Å². The summed E-state index contributed by atoms with van der Waals surface area (Å²) in [5.74, 6) is 0.339. The van der Waals surface area contributed by atoms with Gasteiger partial charge in [0.05, 0.1) is 24.5 Å². The van der Waals surface area contributed by atoms with Gasteiger partial charge in [0.15, 0.2) is 0 Å². The monoisotopic (exact) mass is 382 g/mol. The third kappa shape index (κ3) is 3.60. The number of aryl methyl sites for hydroxylation is 1. The minimum Gasteiger partial charge on any atom is -0.341 e. The zero-order valence-corrected chi connectivity index (χ0v) is 15.4. The van der Waals surface area contributed by atoms with Crippen molar-refractivity contribution < 1.29 is 8.42 Å². The van der Waals surface area contributed by atoms with Gasteiger partial charge in [0, 0.05) is 31.2 Å². The number of anilines is 1. The van der Waals surface area contributed by atoms with Crippen LogP contribution in [0.4, 0.5) is 5.69 Å². The Bertz CT molecular complexity index is 1090. The van der Waals surface area contributed by atoms with Gasteiger partial charge in [-0.1, -0.05) is 18.2 Å². The Kier molecular flexibility index (Phi) is 4.46. The predicted octanol–water partition coefficient (Wildman–Crippen LogP) is 1.71. The molecule has 0 fully saturated rings. The largest absolute Gasteiger partial charge is 0.341 e. The zero-order chi connectivity index (χ0) is 18.9. The van der Waals surface area contributed by atoms with Gasteiger partial charge in [-0.3, -0.25) is 15.0 Å². The zero-order valence-electron chi connectivity index (χ0n) is 14.6. The number of benzene rings is 1. The lowest BCUT2D eigenvalue weighted by molar-refractivity contribution is 0.597. The van der Waals surface area contributed by atoms with E-state index in [2.05, 4.69) is 25.1 Å². The SMILES string of the molecule is Cn1cc(C(NCC2=NS(=O)(=O)c3ccccc3N2)c2cccnc2)cn1. The van der Waals surface area contributed by atoms with Crippen LogP contribution in [0.5, 0.6) is 0 Å². The van der Waals surface area contributed by atoms with Crippen molar-refractivity contribution in [2.45, 2.75) is 10.9 Å². The van der Waals surface area contributed by atoms with Gasteiger partial charge in [0.25, 0.3) is 10.0 Å². The van der Waals surface area contributed by atoms with Gasteiger partial charge in [-0.25, -0.2) is 0 Å². The second-order valence-electron chi connectivity index (χ2n) is 6.18. The number of fused-ring (bicyclic) bond motifs is 1. The molecule has 2 N–H and O–H groups in total. The first kappa shape index (κ1) is 17.4. The Morgan fingerprint density at radius 1 is 1.15 bits per heavy atom. The summed E-state index contributed by atoms with van der Waals surface area (Å²) in [5, 5.41) is 10.7. The number of aromatic nitrogens is 3. The van der Waals surface area contributed by atoms with E-state index >= 15 is 0 Å². The fraction of sp³-hybridized carbons (Fsp3) is 0.167. The van der Waals surface area contributed by atoms with E-state index in [9.17, 15) is 8.42 Å². The van der Waals surface area contributed by atoms with Crippen LogP contribution in [-0.4, -0.2) is 35.6 Å². The standard InChI is InChI=1S/C18H18N6O2S/c1-24-12-14(10-21-24)18(13-5-4-8-19-9-13)20-11-17-22-15-6-2-3-7-16(15)27(25,26)23-17/h2-10,12,18,20H,11H2,1H3,(H,22,23). The summed E-state index contributed by atoms with van der Waals surface area (Å²) in [5.41, 5.74) is 2.43. The molecule has 0 spiro atoms. The van der Waals surface area contributed by atoms with Crippen LogP contribution in [0.1, 0.15) is 17.2 Å². The highest BCUT2D eigenvalue weighted by molar-refractivity contribution is 7.90. The van der Waals surface area contributed by atoms with Crippen LogP contribution in [0.15, 0.2) is 70.5 Å². The molecule has 0 amide bonds. The molecular weight excluding hydrogens is 364 g/mol. The molecule has 0 saturated carbocycles. The minimum absolute atomic E-state index is 0.185. The molecule has 2 aromatic heterocycles. The molecule has 0 aliphatic carbocycles. The number of sulfonamides is 1. The first-order valence-electron chi connectivity index (χ1n) is 8.35. The van der Waals surface area contributed by atoms with Crippen molar-refractivity contribution in [1.29, 1.82) is 0 Å². The highest BCUT2D eigenvalue weighted by Gasteiger charge is 2.25. The Morgan fingerprint density at radius 2 is 2.00 bits per heavy atom. The molecule has 1 aliphatic heterocycles. The smallest absolute Gasteiger partial charge is 0.286 e. The average Bonchev–Trinajstić information content (AvgIpc) is 3.08. The van der Waals surface area contributed by atoms with Gasteiger partial charge in [0.1, 0.15) is 10.7 Å². The molecular formula is C18H18N6O2S. The van der Waals surface area contributed by atoms with Crippen LogP contribution < -0.4 is 10.6 Å². The first-order valence-corrected chi connectivity index (χ1v) is 9.79. The topological polar surface area (TPSA) is 101 Å². The lowest BCUT2D eigenvalue weighted by Crippen LogP contribution is -2.34. The summed E-state index contributed by atoms with van der Waals surface area (Å²) in [6.07, 6.45) is 7.16. The summed E-state index contributed by atoms with van der Waals surface area (Å²) in [7, 11) is -1.86. The van der Waals surface area contributed by atoms with Crippen molar-refractivity contribution in [2.24, 2.45) is 11.4 Å². The predicted molar refractivity (Wildman–Crippen MR) is 102 cm³/mol. The summed E-state index contributed by atoms with van der Waals surface area (Å²) in [6, 6.07) is 10.3. The molecule has 8 nitrogen and oxygen atoms in total. The maximum atomic E-state index is 12.4. The van der Waals surface area contributed by atoms with Crippen LogP contribution in [0, 0.1) is 0 Å². The molecule has 0 radical (unpaired) electrons. The van der Waals surface area contributed by atoms with Crippen molar-refractivity contribution in [3.8, 4) is 0 Å². The van der Waals surface area contributed by atoms with Gasteiger partial charge in [-0.2, -0.15) is 13.5 Å². The number of para-hydroxylation sites is 1. The molecule has 1 atom stereocenters. The maximum Gasteiger partial charge on any atom is 0.286 e. The number of hydrogen-bond acceptors (Lipinski definition) is 6. The molecule has 27 heavy (non-hydrogen) atoms. The quantitative estimate of drug-likeness (QED) is 0.697. The summed E-state index contributed by atoms with van der Waals surface area (Å²) in [4.78, 5) is 4.36. The summed E-state index contributed by atoms with van der Waals surface area (Å²) >= 11 is 0. The van der Waals surface area contributed by atoms with E-state index in [1.54, 1.807) is 47.5 Å². The number of amidine groups is 1. The van der Waals surface area contributed by atoms with Crippen LogP contribution in [0.3, 0.4) is 0 Å². The maximum absolute atomic E-state index is 12.4. The summed E-state index contributed by atoms with van der Waals surface area (Å²) in [6.45, 7) is 0.238. The molecule has 1 unspecified atom stereocenters. The van der Waals surface area contributed by atoms with E-state index in [1.807, 2.05) is 25.4 Å².